The number of aromatic nitrogens is 2. The Labute approximate surface area is 132 Å². The summed E-state index contributed by atoms with van der Waals surface area (Å²) in [4.78, 5) is 12.5. The van der Waals surface area contributed by atoms with E-state index in [1.165, 1.54) is 10.9 Å². The quantitative estimate of drug-likeness (QED) is 0.907. The zero-order valence-electron chi connectivity index (χ0n) is 13.0. The lowest BCUT2D eigenvalue weighted by Gasteiger charge is -2.62. The number of carbonyl (C=O) groups excluding carboxylic acids is 1. The maximum absolute atomic E-state index is 13.7. The average Bonchev–Trinajstić information content (AvgIpc) is 2.82. The molecule has 1 heterocycles. The first kappa shape index (κ1) is 15.0. The SMILES string of the molecule is Cn1cc(C(=O)NC23C[C@H]4C[C@@H](C2)CC(C(F)(F)F)(C4)C3)cn1. The third kappa shape index (κ3) is 2.27. The smallest absolute Gasteiger partial charge is 0.346 e. The second-order valence-corrected chi connectivity index (χ2v) is 7.88. The number of nitrogens with one attached hydrogen (secondary N) is 1. The molecule has 4 atom stereocenters. The highest BCUT2D eigenvalue weighted by Crippen LogP contribution is 2.66. The Morgan fingerprint density at radius 1 is 1.30 bits per heavy atom. The van der Waals surface area contributed by atoms with Crippen LogP contribution in [0.5, 0.6) is 0 Å². The van der Waals surface area contributed by atoms with Gasteiger partial charge in [0.1, 0.15) is 0 Å². The molecule has 4 fully saturated rings. The summed E-state index contributed by atoms with van der Waals surface area (Å²) in [6.07, 6.45) is 1.58. The number of halogens is 3. The first-order valence-corrected chi connectivity index (χ1v) is 8.08. The lowest BCUT2D eigenvalue weighted by atomic mass is 9.46. The first-order chi connectivity index (χ1) is 10.7. The van der Waals surface area contributed by atoms with E-state index in [9.17, 15) is 18.0 Å². The van der Waals surface area contributed by atoms with Crippen molar-refractivity contribution in [3.05, 3.63) is 18.0 Å². The van der Waals surface area contributed by atoms with Crippen molar-refractivity contribution < 1.29 is 18.0 Å². The Morgan fingerprint density at radius 2 is 1.96 bits per heavy atom. The summed E-state index contributed by atoms with van der Waals surface area (Å²) in [6, 6.07) is 0. The molecular weight excluding hydrogens is 307 g/mol. The van der Waals surface area contributed by atoms with Crippen LogP contribution in [0.15, 0.2) is 12.4 Å². The molecule has 0 radical (unpaired) electrons. The number of nitrogens with zero attached hydrogens (tertiary/aromatic N) is 2. The lowest BCUT2D eigenvalue weighted by Crippen LogP contribution is -2.66. The third-order valence-electron chi connectivity index (χ3n) is 6.01. The van der Waals surface area contributed by atoms with Crippen LogP contribution < -0.4 is 5.32 Å². The highest BCUT2D eigenvalue weighted by molar-refractivity contribution is 5.94. The summed E-state index contributed by atoms with van der Waals surface area (Å²) in [7, 11) is 1.71. The van der Waals surface area contributed by atoms with Gasteiger partial charge in [-0.15, -0.1) is 0 Å². The summed E-state index contributed by atoms with van der Waals surface area (Å²) in [5.41, 5.74) is -1.89. The van der Waals surface area contributed by atoms with Crippen molar-refractivity contribution in [3.63, 3.8) is 0 Å². The number of amides is 1. The maximum atomic E-state index is 13.7. The fourth-order valence-corrected chi connectivity index (χ4v) is 5.59. The molecule has 126 valence electrons. The summed E-state index contributed by atoms with van der Waals surface area (Å²) < 4.78 is 42.6. The molecule has 4 aliphatic carbocycles. The molecule has 0 spiro atoms. The van der Waals surface area contributed by atoms with Gasteiger partial charge in [0.25, 0.3) is 5.91 Å². The molecule has 0 aromatic carbocycles. The zero-order valence-corrected chi connectivity index (χ0v) is 13.0. The van der Waals surface area contributed by atoms with Crippen molar-refractivity contribution in [2.45, 2.75) is 50.2 Å². The summed E-state index contributed by atoms with van der Waals surface area (Å²) in [5, 5.41) is 6.92. The second-order valence-electron chi connectivity index (χ2n) is 7.88. The number of hydrogen-bond donors (Lipinski definition) is 1. The Hall–Kier alpha value is -1.53. The lowest BCUT2D eigenvalue weighted by molar-refractivity contribution is -0.277. The summed E-state index contributed by atoms with van der Waals surface area (Å²) >= 11 is 0. The van der Waals surface area contributed by atoms with Crippen LogP contribution in [0.25, 0.3) is 0 Å². The van der Waals surface area contributed by atoms with E-state index in [0.717, 1.165) is 6.42 Å². The standard InChI is InChI=1S/C16H20F3N3O/c1-22-8-12(7-20-22)13(23)21-15-5-10-2-11(6-15)4-14(3-10,9-15)16(17,18)19/h7-8,10-11H,2-6,9H2,1H3,(H,21,23)/t10-,11+,14?,15?. The first-order valence-electron chi connectivity index (χ1n) is 8.08. The van der Waals surface area contributed by atoms with Crippen molar-refractivity contribution in [3.8, 4) is 0 Å². The number of aryl methyl sites for hydroxylation is 1. The number of rotatable bonds is 2. The Balaban J connectivity index is 1.62. The average molecular weight is 327 g/mol. The zero-order chi connectivity index (χ0) is 16.5. The molecule has 4 nitrogen and oxygen atoms in total. The predicted octanol–water partition coefficient (Wildman–Crippen LogP) is 3.05. The topological polar surface area (TPSA) is 46.9 Å². The van der Waals surface area contributed by atoms with Gasteiger partial charge in [0, 0.05) is 18.8 Å². The maximum Gasteiger partial charge on any atom is 0.394 e. The molecule has 1 aromatic rings. The van der Waals surface area contributed by atoms with Crippen LogP contribution >= 0.6 is 0 Å². The van der Waals surface area contributed by atoms with Crippen molar-refractivity contribution >= 4 is 5.91 Å². The van der Waals surface area contributed by atoms with Gasteiger partial charge in [-0.1, -0.05) is 0 Å². The minimum Gasteiger partial charge on any atom is -0.346 e. The van der Waals surface area contributed by atoms with Crippen molar-refractivity contribution in [2.24, 2.45) is 24.3 Å². The van der Waals surface area contributed by atoms with Gasteiger partial charge in [-0.25, -0.2) is 0 Å². The predicted molar refractivity (Wildman–Crippen MR) is 76.6 cm³/mol. The van der Waals surface area contributed by atoms with Crippen LogP contribution in [0.1, 0.15) is 48.9 Å². The molecule has 1 aromatic heterocycles. The second kappa shape index (κ2) is 4.51. The van der Waals surface area contributed by atoms with Gasteiger partial charge < -0.3 is 5.32 Å². The molecule has 23 heavy (non-hydrogen) atoms. The monoisotopic (exact) mass is 327 g/mol. The number of alkyl halides is 3. The molecule has 4 bridgehead atoms. The Morgan fingerprint density at radius 3 is 2.48 bits per heavy atom. The molecule has 1 N–H and O–H groups in total. The summed E-state index contributed by atoms with van der Waals surface area (Å²) in [5.74, 6) is -0.156. The van der Waals surface area contributed by atoms with Gasteiger partial charge in [-0.3, -0.25) is 9.48 Å². The normalized spacial score (nSPS) is 38.8. The van der Waals surface area contributed by atoms with Crippen LogP contribution in [0.2, 0.25) is 0 Å². The van der Waals surface area contributed by atoms with E-state index >= 15 is 0 Å². The highest BCUT2D eigenvalue weighted by atomic mass is 19.4. The summed E-state index contributed by atoms with van der Waals surface area (Å²) in [6.45, 7) is 0. The molecule has 4 saturated carbocycles. The van der Waals surface area contributed by atoms with E-state index in [1.807, 2.05) is 0 Å². The van der Waals surface area contributed by atoms with Crippen molar-refractivity contribution in [1.82, 2.24) is 15.1 Å². The fraction of sp³-hybridized carbons (Fsp3) is 0.750. The van der Waals surface area contributed by atoms with Gasteiger partial charge >= 0.3 is 6.18 Å². The molecular formula is C16H20F3N3O. The molecule has 0 aliphatic heterocycles. The van der Waals surface area contributed by atoms with Crippen LogP contribution in [0.4, 0.5) is 13.2 Å². The molecule has 1 amide bonds. The van der Waals surface area contributed by atoms with Gasteiger partial charge in [-0.05, 0) is 50.4 Å². The van der Waals surface area contributed by atoms with E-state index in [-0.39, 0.29) is 37.0 Å². The third-order valence-corrected chi connectivity index (χ3v) is 6.01. The van der Waals surface area contributed by atoms with Gasteiger partial charge in [0.05, 0.1) is 17.2 Å². The van der Waals surface area contributed by atoms with Gasteiger partial charge in [0.15, 0.2) is 0 Å². The molecule has 7 heteroatoms. The van der Waals surface area contributed by atoms with Crippen LogP contribution in [-0.2, 0) is 7.05 Å². The van der Waals surface area contributed by atoms with Crippen LogP contribution in [0, 0.1) is 17.3 Å². The van der Waals surface area contributed by atoms with E-state index in [4.69, 9.17) is 0 Å². The Bertz CT molecular complexity index is 637. The van der Waals surface area contributed by atoms with Crippen LogP contribution in [-0.4, -0.2) is 27.4 Å². The highest BCUT2D eigenvalue weighted by Gasteiger charge is 2.67. The van der Waals surface area contributed by atoms with Crippen molar-refractivity contribution in [2.75, 3.05) is 0 Å². The molecule has 0 saturated heterocycles. The van der Waals surface area contributed by atoms with E-state index in [0.29, 0.717) is 18.4 Å². The van der Waals surface area contributed by atoms with Gasteiger partial charge in [-0.2, -0.15) is 18.3 Å². The minimum absolute atomic E-state index is 0.0303. The fourth-order valence-electron chi connectivity index (χ4n) is 5.59. The number of hydrogen-bond acceptors (Lipinski definition) is 2. The molecule has 5 rings (SSSR count). The molecule has 2 unspecified atom stereocenters. The molecule has 4 aliphatic rings. The van der Waals surface area contributed by atoms with Gasteiger partial charge in [0.2, 0.25) is 0 Å². The van der Waals surface area contributed by atoms with Crippen molar-refractivity contribution in [1.29, 1.82) is 0 Å². The minimum atomic E-state index is -4.19. The number of carbonyl (C=O) groups is 1. The Kier molecular flexibility index (Phi) is 2.95. The van der Waals surface area contributed by atoms with E-state index < -0.39 is 17.1 Å². The van der Waals surface area contributed by atoms with Crippen LogP contribution in [0.3, 0.4) is 0 Å². The van der Waals surface area contributed by atoms with E-state index in [2.05, 4.69) is 10.4 Å². The van der Waals surface area contributed by atoms with E-state index in [1.54, 1.807) is 13.2 Å². The largest absolute Gasteiger partial charge is 0.394 e.